The maximum absolute atomic E-state index is 11.8. The van der Waals surface area contributed by atoms with E-state index in [9.17, 15) is 4.79 Å². The van der Waals surface area contributed by atoms with Gasteiger partial charge in [0.05, 0.1) is 12.2 Å². The number of ketones is 1. The van der Waals surface area contributed by atoms with Gasteiger partial charge < -0.3 is 10.2 Å². The second-order valence-corrected chi connectivity index (χ2v) is 4.54. The fraction of sp³-hybridized carbons (Fsp3) is 0.235. The lowest BCUT2D eigenvalue weighted by molar-refractivity contribution is 0.0438. The lowest BCUT2D eigenvalue weighted by Gasteiger charge is -2.03. The van der Waals surface area contributed by atoms with Crippen LogP contribution in [-0.4, -0.2) is 28.2 Å². The van der Waals surface area contributed by atoms with Gasteiger partial charge in [-0.05, 0) is 13.8 Å². The fourth-order valence-electron chi connectivity index (χ4n) is 1.35. The molecule has 2 atom stereocenters. The number of benzene rings is 2. The third-order valence-corrected chi connectivity index (χ3v) is 2.77. The van der Waals surface area contributed by atoms with Crippen molar-refractivity contribution in [2.24, 2.45) is 0 Å². The van der Waals surface area contributed by atoms with Crippen LogP contribution in [0.5, 0.6) is 0 Å². The third kappa shape index (κ3) is 5.34. The summed E-state index contributed by atoms with van der Waals surface area (Å²) in [5.74, 6) is 0.0752. The Morgan fingerprint density at radius 1 is 0.750 bits per heavy atom. The smallest absolute Gasteiger partial charge is 0.193 e. The second kappa shape index (κ2) is 8.25. The highest BCUT2D eigenvalue weighted by Gasteiger charge is 2.06. The normalized spacial score (nSPS) is 12.8. The van der Waals surface area contributed by atoms with Gasteiger partial charge in [-0.2, -0.15) is 0 Å². The fourth-order valence-corrected chi connectivity index (χ4v) is 1.35. The Morgan fingerprint density at radius 3 is 1.30 bits per heavy atom. The topological polar surface area (TPSA) is 57.5 Å². The highest BCUT2D eigenvalue weighted by molar-refractivity contribution is 6.08. The molecule has 2 N–H and O–H groups in total. The lowest BCUT2D eigenvalue weighted by atomic mass is 10.0. The molecule has 2 rings (SSSR count). The van der Waals surface area contributed by atoms with Crippen molar-refractivity contribution in [1.29, 1.82) is 0 Å². The Kier molecular flexibility index (Phi) is 6.64. The zero-order valence-electron chi connectivity index (χ0n) is 11.7. The van der Waals surface area contributed by atoms with Crippen LogP contribution in [0.4, 0.5) is 0 Å². The lowest BCUT2D eigenvalue weighted by Crippen LogP contribution is -2.17. The van der Waals surface area contributed by atoms with Gasteiger partial charge in [0, 0.05) is 11.1 Å². The van der Waals surface area contributed by atoms with E-state index in [1.165, 1.54) is 0 Å². The molecule has 0 heterocycles. The van der Waals surface area contributed by atoms with Gasteiger partial charge in [0.2, 0.25) is 0 Å². The van der Waals surface area contributed by atoms with E-state index in [1.54, 1.807) is 13.8 Å². The molecule has 3 nitrogen and oxygen atoms in total. The molecule has 20 heavy (non-hydrogen) atoms. The van der Waals surface area contributed by atoms with Crippen LogP contribution >= 0.6 is 0 Å². The highest BCUT2D eigenvalue weighted by atomic mass is 16.3. The molecule has 0 aliphatic rings. The average molecular weight is 272 g/mol. The minimum absolute atomic E-state index is 0.0752. The molecular weight excluding hydrogens is 252 g/mol. The number of hydrogen-bond acceptors (Lipinski definition) is 3. The monoisotopic (exact) mass is 272 g/mol. The van der Waals surface area contributed by atoms with Crippen LogP contribution in [0.1, 0.15) is 29.8 Å². The molecule has 0 aromatic heterocycles. The van der Waals surface area contributed by atoms with E-state index < -0.39 is 12.2 Å². The standard InChI is InChI=1S/C13H10O.C4H10O2/c14-13(11-7-3-1-4-8-11)12-9-5-2-6-10-12;1-3(5)4(2)6/h1-10H;3-6H,1-2H3. The van der Waals surface area contributed by atoms with Gasteiger partial charge >= 0.3 is 0 Å². The van der Waals surface area contributed by atoms with E-state index in [2.05, 4.69) is 0 Å². The predicted octanol–water partition coefficient (Wildman–Crippen LogP) is 2.67. The van der Waals surface area contributed by atoms with Crippen molar-refractivity contribution in [3.05, 3.63) is 71.8 Å². The van der Waals surface area contributed by atoms with Gasteiger partial charge in [-0.3, -0.25) is 4.79 Å². The van der Waals surface area contributed by atoms with E-state index >= 15 is 0 Å². The zero-order valence-corrected chi connectivity index (χ0v) is 11.7. The van der Waals surface area contributed by atoms with Crippen LogP contribution in [-0.2, 0) is 0 Å². The molecule has 2 aromatic rings. The maximum atomic E-state index is 11.8. The molecule has 0 aliphatic carbocycles. The summed E-state index contributed by atoms with van der Waals surface area (Å²) in [5.41, 5.74) is 1.47. The van der Waals surface area contributed by atoms with Crippen molar-refractivity contribution in [3.8, 4) is 0 Å². The average Bonchev–Trinajstić information content (AvgIpc) is 2.49. The Labute approximate surface area is 119 Å². The summed E-state index contributed by atoms with van der Waals surface area (Å²) in [6, 6.07) is 18.6. The van der Waals surface area contributed by atoms with E-state index in [1.807, 2.05) is 60.7 Å². The van der Waals surface area contributed by atoms with E-state index in [0.29, 0.717) is 0 Å². The minimum Gasteiger partial charge on any atom is -0.391 e. The molecule has 0 bridgehead atoms. The second-order valence-electron chi connectivity index (χ2n) is 4.54. The zero-order chi connectivity index (χ0) is 15.0. The summed E-state index contributed by atoms with van der Waals surface area (Å²) in [4.78, 5) is 11.8. The molecule has 0 aliphatic heterocycles. The molecule has 2 unspecified atom stereocenters. The first-order chi connectivity index (χ1) is 9.52. The van der Waals surface area contributed by atoms with Gasteiger partial charge in [-0.15, -0.1) is 0 Å². The molecule has 106 valence electrons. The quantitative estimate of drug-likeness (QED) is 0.845. The number of hydrogen-bond donors (Lipinski definition) is 2. The van der Waals surface area contributed by atoms with Crippen LogP contribution in [0, 0.1) is 0 Å². The molecule has 0 spiro atoms. The van der Waals surface area contributed by atoms with Crippen LogP contribution in [0.2, 0.25) is 0 Å². The van der Waals surface area contributed by atoms with Crippen LogP contribution in [0.3, 0.4) is 0 Å². The molecule has 0 radical (unpaired) electrons. The summed E-state index contributed by atoms with van der Waals surface area (Å²) in [6.45, 7) is 3.09. The van der Waals surface area contributed by atoms with Gasteiger partial charge in [-0.1, -0.05) is 60.7 Å². The largest absolute Gasteiger partial charge is 0.391 e. The highest BCUT2D eigenvalue weighted by Crippen LogP contribution is 2.08. The number of aliphatic hydroxyl groups excluding tert-OH is 2. The van der Waals surface area contributed by atoms with E-state index in [4.69, 9.17) is 10.2 Å². The van der Waals surface area contributed by atoms with Crippen molar-refractivity contribution in [2.45, 2.75) is 26.1 Å². The van der Waals surface area contributed by atoms with E-state index in [-0.39, 0.29) is 5.78 Å². The Morgan fingerprint density at radius 2 is 1.05 bits per heavy atom. The Bertz CT molecular complexity index is 457. The van der Waals surface area contributed by atoms with Crippen molar-refractivity contribution in [1.82, 2.24) is 0 Å². The molecule has 3 heteroatoms. The molecule has 0 saturated heterocycles. The summed E-state index contributed by atoms with van der Waals surface area (Å²) in [6.07, 6.45) is -1.19. The van der Waals surface area contributed by atoms with Crippen LogP contribution in [0.15, 0.2) is 60.7 Å². The molecular formula is C17H20O3. The Hall–Kier alpha value is -1.97. The van der Waals surface area contributed by atoms with E-state index in [0.717, 1.165) is 11.1 Å². The SMILES string of the molecule is CC(O)C(C)O.O=C(c1ccccc1)c1ccccc1. The first-order valence-electron chi connectivity index (χ1n) is 6.53. The number of rotatable bonds is 3. The minimum atomic E-state index is -0.593. The first-order valence-corrected chi connectivity index (χ1v) is 6.53. The van der Waals surface area contributed by atoms with Crippen molar-refractivity contribution in [2.75, 3.05) is 0 Å². The third-order valence-electron chi connectivity index (χ3n) is 2.77. The van der Waals surface area contributed by atoms with Crippen molar-refractivity contribution >= 4 is 5.78 Å². The number of carbonyl (C=O) groups excluding carboxylic acids is 1. The summed E-state index contributed by atoms with van der Waals surface area (Å²) in [5, 5.41) is 16.8. The van der Waals surface area contributed by atoms with Crippen molar-refractivity contribution in [3.63, 3.8) is 0 Å². The van der Waals surface area contributed by atoms with Crippen molar-refractivity contribution < 1.29 is 15.0 Å². The van der Waals surface area contributed by atoms with Crippen LogP contribution in [0.25, 0.3) is 0 Å². The summed E-state index contributed by atoms with van der Waals surface area (Å²) >= 11 is 0. The maximum Gasteiger partial charge on any atom is 0.193 e. The van der Waals surface area contributed by atoms with Gasteiger partial charge in [0.25, 0.3) is 0 Å². The van der Waals surface area contributed by atoms with Gasteiger partial charge in [0.15, 0.2) is 5.78 Å². The van der Waals surface area contributed by atoms with Gasteiger partial charge in [-0.25, -0.2) is 0 Å². The molecule has 0 saturated carbocycles. The van der Waals surface area contributed by atoms with Crippen LogP contribution < -0.4 is 0 Å². The summed E-state index contributed by atoms with van der Waals surface area (Å²) in [7, 11) is 0. The first kappa shape index (κ1) is 16.1. The summed E-state index contributed by atoms with van der Waals surface area (Å²) < 4.78 is 0. The number of carbonyl (C=O) groups is 1. The number of aliphatic hydroxyl groups is 2. The molecule has 0 fully saturated rings. The molecule has 0 amide bonds. The predicted molar refractivity (Wildman–Crippen MR) is 79.7 cm³/mol. The Balaban J connectivity index is 0.000000286. The molecule has 2 aromatic carbocycles. The van der Waals surface area contributed by atoms with Gasteiger partial charge in [0.1, 0.15) is 0 Å².